The van der Waals surface area contributed by atoms with Crippen molar-refractivity contribution in [1.29, 1.82) is 0 Å². The van der Waals surface area contributed by atoms with E-state index in [1.54, 1.807) is 0 Å². The van der Waals surface area contributed by atoms with Crippen molar-refractivity contribution in [2.75, 3.05) is 18.0 Å². The number of para-hydroxylation sites is 1. The van der Waals surface area contributed by atoms with Crippen LogP contribution in [-0.2, 0) is 4.79 Å². The van der Waals surface area contributed by atoms with E-state index in [-0.39, 0.29) is 11.8 Å². The zero-order valence-electron chi connectivity index (χ0n) is 13.6. The van der Waals surface area contributed by atoms with Gasteiger partial charge >= 0.3 is 0 Å². The molecule has 3 heteroatoms. The number of carbonyl (C=O) groups excluding carboxylic acids is 1. The summed E-state index contributed by atoms with van der Waals surface area (Å²) >= 11 is 0. The Balaban J connectivity index is 1.88. The minimum absolute atomic E-state index is 0.0990. The highest BCUT2D eigenvalue weighted by Gasteiger charge is 2.35. The summed E-state index contributed by atoms with van der Waals surface area (Å²) in [5.74, 6) is 0.338. The molecule has 1 aliphatic rings. The van der Waals surface area contributed by atoms with Crippen molar-refractivity contribution in [2.24, 2.45) is 17.6 Å². The summed E-state index contributed by atoms with van der Waals surface area (Å²) in [5, 5.41) is 0. The van der Waals surface area contributed by atoms with Crippen LogP contribution in [0, 0.1) is 11.8 Å². The van der Waals surface area contributed by atoms with Crippen LogP contribution >= 0.6 is 0 Å². The van der Waals surface area contributed by atoms with E-state index < -0.39 is 0 Å². The second-order valence-corrected chi connectivity index (χ2v) is 6.44. The van der Waals surface area contributed by atoms with Crippen molar-refractivity contribution in [2.45, 2.75) is 19.3 Å². The minimum Gasteiger partial charge on any atom is -0.371 e. The van der Waals surface area contributed by atoms with Crippen molar-refractivity contribution < 1.29 is 4.79 Å². The minimum atomic E-state index is -0.191. The van der Waals surface area contributed by atoms with Gasteiger partial charge in [-0.3, -0.25) is 4.79 Å². The summed E-state index contributed by atoms with van der Waals surface area (Å²) in [7, 11) is 0. The Morgan fingerprint density at radius 3 is 2.30 bits per heavy atom. The number of nitrogens with zero attached hydrogens (tertiary/aromatic N) is 1. The lowest BCUT2D eigenvalue weighted by atomic mass is 9.74. The van der Waals surface area contributed by atoms with Gasteiger partial charge in [-0.2, -0.15) is 0 Å². The van der Waals surface area contributed by atoms with Gasteiger partial charge in [-0.15, -0.1) is 0 Å². The summed E-state index contributed by atoms with van der Waals surface area (Å²) in [6.07, 6.45) is 0.985. The molecule has 3 rings (SSSR count). The average molecular weight is 308 g/mol. The number of amides is 1. The maximum absolute atomic E-state index is 11.7. The van der Waals surface area contributed by atoms with Crippen LogP contribution in [0.15, 0.2) is 60.7 Å². The average Bonchev–Trinajstić information content (AvgIpc) is 2.62. The highest BCUT2D eigenvalue weighted by atomic mass is 16.1. The Morgan fingerprint density at radius 1 is 1.09 bits per heavy atom. The van der Waals surface area contributed by atoms with Crippen molar-refractivity contribution in [3.05, 3.63) is 66.2 Å². The van der Waals surface area contributed by atoms with E-state index in [1.807, 2.05) is 19.1 Å². The summed E-state index contributed by atoms with van der Waals surface area (Å²) in [6.45, 7) is 3.87. The van der Waals surface area contributed by atoms with Crippen LogP contribution in [0.1, 0.15) is 24.8 Å². The molecule has 0 bridgehead atoms. The molecule has 1 aliphatic heterocycles. The SMILES string of the molecule is CC(C(N)=O)C1CCN(c2ccccc2)CC1c1ccccc1. The van der Waals surface area contributed by atoms with E-state index in [1.165, 1.54) is 11.3 Å². The smallest absolute Gasteiger partial charge is 0.220 e. The van der Waals surface area contributed by atoms with Gasteiger partial charge < -0.3 is 10.6 Å². The predicted molar refractivity (Wildman–Crippen MR) is 94.3 cm³/mol. The molecule has 0 saturated carbocycles. The molecule has 1 amide bonds. The third-order valence-electron chi connectivity index (χ3n) is 5.11. The number of rotatable bonds is 4. The largest absolute Gasteiger partial charge is 0.371 e. The highest BCUT2D eigenvalue weighted by Crippen LogP contribution is 2.38. The maximum atomic E-state index is 11.7. The summed E-state index contributed by atoms with van der Waals surface area (Å²) in [6, 6.07) is 21.0. The van der Waals surface area contributed by atoms with Crippen LogP contribution in [0.2, 0.25) is 0 Å². The van der Waals surface area contributed by atoms with Crippen molar-refractivity contribution in [3.63, 3.8) is 0 Å². The van der Waals surface area contributed by atoms with Gasteiger partial charge in [0.25, 0.3) is 0 Å². The summed E-state index contributed by atoms with van der Waals surface area (Å²) in [4.78, 5) is 14.2. The van der Waals surface area contributed by atoms with E-state index in [2.05, 4.69) is 53.4 Å². The third kappa shape index (κ3) is 3.39. The maximum Gasteiger partial charge on any atom is 0.220 e. The number of primary amides is 1. The Bertz CT molecular complexity index is 641. The molecule has 3 unspecified atom stereocenters. The molecule has 1 saturated heterocycles. The van der Waals surface area contributed by atoms with Gasteiger partial charge in [-0.05, 0) is 30.0 Å². The van der Waals surface area contributed by atoms with Gasteiger partial charge in [-0.25, -0.2) is 0 Å². The first-order valence-corrected chi connectivity index (χ1v) is 8.31. The van der Waals surface area contributed by atoms with Gasteiger partial charge in [-0.1, -0.05) is 55.5 Å². The van der Waals surface area contributed by atoms with Crippen LogP contribution in [0.5, 0.6) is 0 Å². The molecule has 0 spiro atoms. The molecule has 2 aromatic carbocycles. The standard InChI is InChI=1S/C20H24N2O/c1-15(20(21)23)18-12-13-22(17-10-6-3-7-11-17)14-19(18)16-8-4-2-5-9-16/h2-11,15,18-19H,12-14H2,1H3,(H2,21,23). The molecule has 120 valence electrons. The number of benzene rings is 2. The molecular formula is C20H24N2O. The molecule has 0 aromatic heterocycles. The van der Waals surface area contributed by atoms with Crippen LogP contribution in [0.3, 0.4) is 0 Å². The number of hydrogen-bond donors (Lipinski definition) is 1. The van der Waals surface area contributed by atoms with Crippen LogP contribution in [0.25, 0.3) is 0 Å². The lowest BCUT2D eigenvalue weighted by molar-refractivity contribution is -0.123. The van der Waals surface area contributed by atoms with Crippen LogP contribution in [0.4, 0.5) is 5.69 Å². The Morgan fingerprint density at radius 2 is 1.70 bits per heavy atom. The van der Waals surface area contributed by atoms with Crippen molar-refractivity contribution in [1.82, 2.24) is 0 Å². The zero-order valence-corrected chi connectivity index (χ0v) is 13.6. The van der Waals surface area contributed by atoms with E-state index >= 15 is 0 Å². The highest BCUT2D eigenvalue weighted by molar-refractivity contribution is 5.76. The van der Waals surface area contributed by atoms with E-state index in [0.717, 1.165) is 19.5 Å². The number of hydrogen-bond acceptors (Lipinski definition) is 2. The monoisotopic (exact) mass is 308 g/mol. The zero-order chi connectivity index (χ0) is 16.2. The molecule has 0 aliphatic carbocycles. The van der Waals surface area contributed by atoms with Crippen LogP contribution < -0.4 is 10.6 Å². The second kappa shape index (κ2) is 6.86. The molecule has 2 aromatic rings. The van der Waals surface area contributed by atoms with Gasteiger partial charge in [0.15, 0.2) is 0 Å². The first-order valence-electron chi connectivity index (χ1n) is 8.31. The first-order chi connectivity index (χ1) is 11.2. The fraction of sp³-hybridized carbons (Fsp3) is 0.350. The van der Waals surface area contributed by atoms with Crippen molar-refractivity contribution in [3.8, 4) is 0 Å². The predicted octanol–water partition coefficient (Wildman–Crippen LogP) is 3.42. The molecular weight excluding hydrogens is 284 g/mol. The lowest BCUT2D eigenvalue weighted by Gasteiger charge is -2.42. The molecule has 0 radical (unpaired) electrons. The topological polar surface area (TPSA) is 46.3 Å². The van der Waals surface area contributed by atoms with Gasteiger partial charge in [0, 0.05) is 30.6 Å². The first kappa shape index (κ1) is 15.6. The van der Waals surface area contributed by atoms with Gasteiger partial charge in [0.05, 0.1) is 0 Å². The molecule has 2 N–H and O–H groups in total. The third-order valence-corrected chi connectivity index (χ3v) is 5.11. The second-order valence-electron chi connectivity index (χ2n) is 6.44. The summed E-state index contributed by atoms with van der Waals surface area (Å²) in [5.41, 5.74) is 8.15. The number of carbonyl (C=O) groups is 1. The molecule has 3 nitrogen and oxygen atoms in total. The summed E-state index contributed by atoms with van der Waals surface area (Å²) < 4.78 is 0. The fourth-order valence-corrected chi connectivity index (χ4v) is 3.71. The molecule has 1 fully saturated rings. The quantitative estimate of drug-likeness (QED) is 0.940. The lowest BCUT2D eigenvalue weighted by Crippen LogP contribution is -2.44. The number of anilines is 1. The molecule has 1 heterocycles. The normalized spacial score (nSPS) is 22.6. The number of nitrogens with two attached hydrogens (primary N) is 1. The van der Waals surface area contributed by atoms with Gasteiger partial charge in [0.1, 0.15) is 0 Å². The van der Waals surface area contributed by atoms with Crippen molar-refractivity contribution >= 4 is 11.6 Å². The molecule has 3 atom stereocenters. The Kier molecular flexibility index (Phi) is 4.65. The van der Waals surface area contributed by atoms with Gasteiger partial charge in [0.2, 0.25) is 5.91 Å². The van der Waals surface area contributed by atoms with E-state index in [4.69, 9.17) is 5.73 Å². The fourth-order valence-electron chi connectivity index (χ4n) is 3.71. The van der Waals surface area contributed by atoms with E-state index in [9.17, 15) is 4.79 Å². The number of piperidine rings is 1. The van der Waals surface area contributed by atoms with Crippen LogP contribution in [-0.4, -0.2) is 19.0 Å². The van der Waals surface area contributed by atoms with E-state index in [0.29, 0.717) is 11.8 Å². The molecule has 23 heavy (non-hydrogen) atoms. The Hall–Kier alpha value is -2.29. The Labute approximate surface area is 138 Å².